The lowest BCUT2D eigenvalue weighted by atomic mass is 10.0. The summed E-state index contributed by atoms with van der Waals surface area (Å²) in [5.41, 5.74) is 0.479. The topological polar surface area (TPSA) is 58.9 Å². The van der Waals surface area contributed by atoms with Crippen LogP contribution in [0.2, 0.25) is 0 Å². The van der Waals surface area contributed by atoms with Gasteiger partial charge >= 0.3 is 0 Å². The summed E-state index contributed by atoms with van der Waals surface area (Å²) >= 11 is 0. The summed E-state index contributed by atoms with van der Waals surface area (Å²) in [5, 5.41) is 0. The van der Waals surface area contributed by atoms with Crippen LogP contribution in [0.3, 0.4) is 0 Å². The number of allylic oxidation sites excluding steroid dienone is 3. The Bertz CT molecular complexity index is 362. The van der Waals surface area contributed by atoms with E-state index in [-0.39, 0.29) is 17.3 Å². The summed E-state index contributed by atoms with van der Waals surface area (Å²) in [5.74, 6) is -0.479. The van der Waals surface area contributed by atoms with E-state index in [1.54, 1.807) is 6.92 Å². The third-order valence-electron chi connectivity index (χ3n) is 1.61. The quantitative estimate of drug-likeness (QED) is 0.353. The number of carbonyl (C=O) groups excluding carboxylic acids is 2. The fourth-order valence-corrected chi connectivity index (χ4v) is 0.916. The van der Waals surface area contributed by atoms with Gasteiger partial charge in [-0.25, -0.2) is 4.99 Å². The molecule has 0 unspecified atom stereocenters. The molecule has 66 valence electrons. The monoisotopic (exact) mass is 176 g/mol. The molecule has 0 aromatic heterocycles. The first-order valence-electron chi connectivity index (χ1n) is 3.63. The molecule has 0 bridgehead atoms. The highest BCUT2D eigenvalue weighted by Crippen LogP contribution is 2.14. The molecule has 0 aromatic carbocycles. The smallest absolute Gasteiger partial charge is 0.204 e. The molecule has 0 spiro atoms. The fraction of sp³-hybridized carbons (Fsp3) is 0.111. The van der Waals surface area contributed by atoms with E-state index in [0.29, 0.717) is 5.57 Å². The highest BCUT2D eigenvalue weighted by molar-refractivity contribution is 6.20. The predicted molar refractivity (Wildman–Crippen MR) is 49.9 cm³/mol. The molecule has 1 rings (SSSR count). The van der Waals surface area contributed by atoms with E-state index in [0.717, 1.165) is 6.34 Å². The van der Waals surface area contributed by atoms with Crippen LogP contribution in [-0.4, -0.2) is 24.6 Å². The average Bonchev–Trinajstić information content (AvgIpc) is 2.12. The lowest BCUT2D eigenvalue weighted by molar-refractivity contribution is -0.115. The van der Waals surface area contributed by atoms with Crippen LogP contribution < -0.4 is 0 Å². The first-order chi connectivity index (χ1) is 6.16. The van der Waals surface area contributed by atoms with Crippen molar-refractivity contribution in [1.82, 2.24) is 0 Å². The van der Waals surface area contributed by atoms with Crippen molar-refractivity contribution in [2.75, 3.05) is 0 Å². The minimum atomic E-state index is -0.281. The normalized spacial score (nSPS) is 17.3. The van der Waals surface area contributed by atoms with Gasteiger partial charge in [0, 0.05) is 5.57 Å². The zero-order chi connectivity index (χ0) is 9.84. The van der Waals surface area contributed by atoms with Crippen molar-refractivity contribution in [2.24, 2.45) is 9.98 Å². The number of carbonyl (C=O) groups is 2. The van der Waals surface area contributed by atoms with Gasteiger partial charge in [-0.3, -0.25) is 14.6 Å². The second-order valence-corrected chi connectivity index (χ2v) is 2.46. The molecule has 0 radical (unpaired) electrons. The molecule has 4 nitrogen and oxygen atoms in total. The molecule has 0 saturated heterocycles. The van der Waals surface area contributed by atoms with Crippen LogP contribution in [-0.2, 0) is 9.59 Å². The van der Waals surface area contributed by atoms with E-state index in [2.05, 4.69) is 16.7 Å². The summed E-state index contributed by atoms with van der Waals surface area (Å²) in [6.45, 7) is 4.73. The zero-order valence-electron chi connectivity index (χ0n) is 7.15. The lowest BCUT2D eigenvalue weighted by Gasteiger charge is -2.05. The maximum Gasteiger partial charge on any atom is 0.204 e. The van der Waals surface area contributed by atoms with Crippen LogP contribution in [0.15, 0.2) is 33.4 Å². The van der Waals surface area contributed by atoms with Gasteiger partial charge in [-0.1, -0.05) is 0 Å². The number of hydrogen-bond donors (Lipinski definition) is 0. The van der Waals surface area contributed by atoms with Gasteiger partial charge in [0.2, 0.25) is 5.78 Å². The molecule has 1 aliphatic carbocycles. The molecule has 0 heterocycles. The van der Waals surface area contributed by atoms with Gasteiger partial charge in [0.05, 0.1) is 0 Å². The van der Waals surface area contributed by atoms with E-state index in [9.17, 15) is 9.59 Å². The minimum Gasteiger partial charge on any atom is -0.290 e. The van der Waals surface area contributed by atoms with Gasteiger partial charge in [-0.05, 0) is 25.8 Å². The third kappa shape index (κ3) is 1.84. The van der Waals surface area contributed by atoms with Crippen LogP contribution >= 0.6 is 0 Å². The Morgan fingerprint density at radius 2 is 1.92 bits per heavy atom. The molecule has 0 fully saturated rings. The molecule has 4 heteroatoms. The van der Waals surface area contributed by atoms with Gasteiger partial charge in [0.25, 0.3) is 0 Å². The van der Waals surface area contributed by atoms with Crippen LogP contribution in [0, 0.1) is 0 Å². The maximum absolute atomic E-state index is 11.2. The lowest BCUT2D eigenvalue weighted by Crippen LogP contribution is -2.11. The Kier molecular flexibility index (Phi) is 2.64. The standard InChI is InChI=1S/C9H8N2O2/c1-6-7(12)3-4-8(13)9(6)11-5-10-2/h3-5H,2H2,1H3. The Labute approximate surface area is 75.4 Å². The van der Waals surface area contributed by atoms with E-state index in [4.69, 9.17) is 0 Å². The second-order valence-electron chi connectivity index (χ2n) is 2.46. The first kappa shape index (κ1) is 9.25. The number of nitrogens with zero attached hydrogens (tertiary/aromatic N) is 2. The molecular weight excluding hydrogens is 168 g/mol. The number of aliphatic imine (C=N–C) groups is 2. The second kappa shape index (κ2) is 3.71. The van der Waals surface area contributed by atoms with Crippen molar-refractivity contribution in [3.05, 3.63) is 23.4 Å². The summed E-state index contributed by atoms with van der Waals surface area (Å²) in [4.78, 5) is 29.4. The van der Waals surface area contributed by atoms with E-state index in [1.165, 1.54) is 12.2 Å². The van der Waals surface area contributed by atoms with Crippen LogP contribution in [0.5, 0.6) is 0 Å². The van der Waals surface area contributed by atoms with Gasteiger partial charge in [-0.15, -0.1) is 0 Å². The van der Waals surface area contributed by atoms with E-state index in [1.807, 2.05) is 0 Å². The highest BCUT2D eigenvalue weighted by atomic mass is 16.1. The van der Waals surface area contributed by atoms with E-state index >= 15 is 0 Å². The molecule has 0 atom stereocenters. The highest BCUT2D eigenvalue weighted by Gasteiger charge is 2.17. The van der Waals surface area contributed by atoms with Crippen molar-refractivity contribution in [3.63, 3.8) is 0 Å². The Morgan fingerprint density at radius 1 is 1.31 bits per heavy atom. The van der Waals surface area contributed by atoms with Gasteiger partial charge in [-0.2, -0.15) is 0 Å². The first-order valence-corrected chi connectivity index (χ1v) is 3.63. The molecule has 0 N–H and O–H groups in total. The van der Waals surface area contributed by atoms with E-state index < -0.39 is 0 Å². The largest absolute Gasteiger partial charge is 0.290 e. The summed E-state index contributed by atoms with van der Waals surface area (Å²) in [6, 6.07) is 0. The zero-order valence-corrected chi connectivity index (χ0v) is 7.15. The van der Waals surface area contributed by atoms with Crippen molar-refractivity contribution >= 4 is 24.6 Å². The molecule has 0 aliphatic heterocycles. The molecule has 13 heavy (non-hydrogen) atoms. The SMILES string of the molecule is C=NC=NC1=C(C)C(=O)C=CC1=O. The third-order valence-corrected chi connectivity index (χ3v) is 1.61. The van der Waals surface area contributed by atoms with Crippen LogP contribution in [0.4, 0.5) is 0 Å². The van der Waals surface area contributed by atoms with Crippen molar-refractivity contribution in [1.29, 1.82) is 0 Å². The van der Waals surface area contributed by atoms with Gasteiger partial charge in [0.15, 0.2) is 5.78 Å². The van der Waals surface area contributed by atoms with Crippen LogP contribution in [0.25, 0.3) is 0 Å². The predicted octanol–water partition coefficient (Wildman–Crippen LogP) is 0.697. The van der Waals surface area contributed by atoms with Crippen molar-refractivity contribution < 1.29 is 9.59 Å². The van der Waals surface area contributed by atoms with Gasteiger partial charge in [0.1, 0.15) is 12.0 Å². The van der Waals surface area contributed by atoms with Crippen molar-refractivity contribution in [3.8, 4) is 0 Å². The molecule has 0 amide bonds. The number of ketones is 2. The molecular formula is C9H8N2O2. The molecule has 0 saturated carbocycles. The average molecular weight is 176 g/mol. The molecule has 1 aliphatic rings. The van der Waals surface area contributed by atoms with Crippen LogP contribution in [0.1, 0.15) is 6.92 Å². The summed E-state index contributed by atoms with van der Waals surface area (Å²) in [6.07, 6.45) is 3.58. The number of rotatable bonds is 2. The Hall–Kier alpha value is -1.84. The number of hydrogen-bond acceptors (Lipinski definition) is 3. The Morgan fingerprint density at radius 3 is 2.54 bits per heavy atom. The molecule has 0 aromatic rings. The minimum absolute atomic E-state index is 0.139. The summed E-state index contributed by atoms with van der Waals surface area (Å²) in [7, 11) is 0. The van der Waals surface area contributed by atoms with Crippen molar-refractivity contribution in [2.45, 2.75) is 6.92 Å². The Balaban J connectivity index is 3.09. The fourth-order valence-electron chi connectivity index (χ4n) is 0.916. The maximum atomic E-state index is 11.2. The van der Waals surface area contributed by atoms with Gasteiger partial charge < -0.3 is 0 Å². The summed E-state index contributed by atoms with van der Waals surface area (Å²) < 4.78 is 0.